The molecule has 7 nitrogen and oxygen atoms in total. The van der Waals surface area contributed by atoms with Crippen molar-refractivity contribution < 1.29 is 19.5 Å². The van der Waals surface area contributed by atoms with Gasteiger partial charge in [-0.25, -0.2) is 0 Å². The first-order chi connectivity index (χ1) is 11.0. The number of thioether (sulfide) groups is 1. The number of anilines is 1. The lowest BCUT2D eigenvalue weighted by molar-refractivity contribution is -0.305. The van der Waals surface area contributed by atoms with Gasteiger partial charge in [-0.2, -0.15) is 5.26 Å². The molecule has 1 atom stereocenters. The summed E-state index contributed by atoms with van der Waals surface area (Å²) in [5, 5.41) is 21.6. The van der Waals surface area contributed by atoms with Gasteiger partial charge in [-0.15, -0.1) is 0 Å². The van der Waals surface area contributed by atoms with Crippen LogP contribution in [0.3, 0.4) is 0 Å². The van der Waals surface area contributed by atoms with Gasteiger partial charge in [-0.05, 0) is 12.1 Å². The molecule has 1 fully saturated rings. The number of nitriles is 1. The second kappa shape index (κ2) is 6.98. The van der Waals surface area contributed by atoms with E-state index in [0.29, 0.717) is 5.69 Å². The minimum absolute atomic E-state index is 0.120. The molecule has 1 aliphatic heterocycles. The third kappa shape index (κ3) is 3.35. The van der Waals surface area contributed by atoms with E-state index in [0.717, 1.165) is 11.8 Å². The Labute approximate surface area is 136 Å². The quantitative estimate of drug-likeness (QED) is 0.602. The van der Waals surface area contributed by atoms with E-state index in [9.17, 15) is 24.8 Å². The van der Waals surface area contributed by atoms with Crippen LogP contribution in [-0.4, -0.2) is 30.1 Å². The molecule has 118 valence electrons. The fraction of sp³-hybridized carbons (Fsp3) is 0.200. The molecule has 0 radical (unpaired) electrons. The van der Waals surface area contributed by atoms with Crippen molar-refractivity contribution in [2.24, 2.45) is 0 Å². The molecule has 0 spiro atoms. The number of carboxylic acid groups (broad SMARTS) is 1. The number of hydrogen-bond acceptors (Lipinski definition) is 6. The number of likely N-dealkylation sites (N-methyl/N-ethyl adjacent to an activating group) is 1. The van der Waals surface area contributed by atoms with Crippen LogP contribution in [-0.2, 0) is 14.4 Å². The Bertz CT molecular complexity index is 724. The number of nitrogens with zero attached hydrogens (tertiary/aromatic N) is 2. The van der Waals surface area contributed by atoms with Crippen molar-refractivity contribution in [2.75, 3.05) is 11.9 Å². The van der Waals surface area contributed by atoms with Crippen molar-refractivity contribution in [3.05, 3.63) is 40.9 Å². The van der Waals surface area contributed by atoms with Gasteiger partial charge in [0.15, 0.2) is 0 Å². The molecule has 2 rings (SSSR count). The summed E-state index contributed by atoms with van der Waals surface area (Å²) in [4.78, 5) is 36.4. The lowest BCUT2D eigenvalue weighted by atomic mass is 10.2. The first kappa shape index (κ1) is 16.6. The Morgan fingerprint density at radius 3 is 2.57 bits per heavy atom. The highest BCUT2D eigenvalue weighted by atomic mass is 32.2. The summed E-state index contributed by atoms with van der Waals surface area (Å²) in [6.45, 7) is 0. The Morgan fingerprint density at radius 1 is 1.39 bits per heavy atom. The highest BCUT2D eigenvalue weighted by molar-refractivity contribution is 8.05. The molecule has 0 unspecified atom stereocenters. The number of nitrogens with one attached hydrogen (secondary N) is 1. The molecule has 8 heteroatoms. The van der Waals surface area contributed by atoms with Gasteiger partial charge in [0.05, 0.1) is 5.25 Å². The number of amides is 2. The maximum Gasteiger partial charge on any atom is 0.264 e. The zero-order valence-electron chi connectivity index (χ0n) is 12.1. The minimum Gasteiger partial charge on any atom is -0.550 e. The van der Waals surface area contributed by atoms with Crippen LogP contribution in [0.5, 0.6) is 0 Å². The molecule has 0 aliphatic carbocycles. The van der Waals surface area contributed by atoms with E-state index < -0.39 is 29.5 Å². The summed E-state index contributed by atoms with van der Waals surface area (Å²) in [5.74, 6) is -2.52. The van der Waals surface area contributed by atoms with Crippen molar-refractivity contribution in [3.63, 3.8) is 0 Å². The molecule has 2 amide bonds. The van der Waals surface area contributed by atoms with Crippen molar-refractivity contribution in [1.82, 2.24) is 5.32 Å². The number of rotatable bonds is 4. The lowest BCUT2D eigenvalue weighted by Crippen LogP contribution is -2.34. The third-order valence-corrected chi connectivity index (χ3v) is 4.36. The second-order valence-electron chi connectivity index (χ2n) is 4.56. The van der Waals surface area contributed by atoms with Crippen molar-refractivity contribution >= 4 is 35.2 Å². The molecule has 0 aromatic heterocycles. The predicted molar refractivity (Wildman–Crippen MR) is 81.6 cm³/mol. The van der Waals surface area contributed by atoms with Crippen LogP contribution in [0.25, 0.3) is 0 Å². The Hall–Kier alpha value is -2.79. The second-order valence-corrected chi connectivity index (χ2v) is 5.75. The zero-order chi connectivity index (χ0) is 17.0. The molecule has 1 aliphatic rings. The molecule has 1 heterocycles. The van der Waals surface area contributed by atoms with Gasteiger partial charge in [-0.1, -0.05) is 30.0 Å². The molecule has 1 N–H and O–H groups in total. The molecular formula is C15H12N3O4S-. The average molecular weight is 330 g/mol. The Morgan fingerprint density at radius 2 is 2.04 bits per heavy atom. The maximum absolute atomic E-state index is 12.5. The van der Waals surface area contributed by atoms with E-state index in [1.54, 1.807) is 36.4 Å². The van der Waals surface area contributed by atoms with E-state index in [1.165, 1.54) is 11.9 Å². The molecule has 23 heavy (non-hydrogen) atoms. The van der Waals surface area contributed by atoms with Crippen LogP contribution in [0.1, 0.15) is 6.42 Å². The van der Waals surface area contributed by atoms with E-state index >= 15 is 0 Å². The summed E-state index contributed by atoms with van der Waals surface area (Å²) in [5.41, 5.74) is 0.216. The Kier molecular flexibility index (Phi) is 5.03. The first-order valence-corrected chi connectivity index (χ1v) is 7.49. The van der Waals surface area contributed by atoms with Gasteiger partial charge < -0.3 is 15.2 Å². The topological polar surface area (TPSA) is 113 Å². The number of para-hydroxylation sites is 1. The smallest absolute Gasteiger partial charge is 0.264 e. The normalized spacial score (nSPS) is 19.2. The van der Waals surface area contributed by atoms with E-state index in [-0.39, 0.29) is 10.6 Å². The molecule has 0 saturated carbocycles. The monoisotopic (exact) mass is 330 g/mol. The predicted octanol–water partition coefficient (Wildman–Crippen LogP) is -0.244. The van der Waals surface area contributed by atoms with Crippen molar-refractivity contribution in [1.29, 1.82) is 5.26 Å². The van der Waals surface area contributed by atoms with Gasteiger partial charge >= 0.3 is 0 Å². The summed E-state index contributed by atoms with van der Waals surface area (Å²) in [6.07, 6.45) is -0.497. The van der Waals surface area contributed by atoms with Crippen LogP contribution in [0.2, 0.25) is 0 Å². The van der Waals surface area contributed by atoms with Gasteiger partial charge in [0.25, 0.3) is 5.91 Å². The van der Waals surface area contributed by atoms with Gasteiger partial charge in [-0.3, -0.25) is 14.5 Å². The maximum atomic E-state index is 12.5. The fourth-order valence-corrected chi connectivity index (χ4v) is 3.33. The zero-order valence-corrected chi connectivity index (χ0v) is 12.9. The lowest BCUT2D eigenvalue weighted by Gasteiger charge is -2.18. The summed E-state index contributed by atoms with van der Waals surface area (Å²) < 4.78 is 0. The van der Waals surface area contributed by atoms with Gasteiger partial charge in [0, 0.05) is 25.1 Å². The number of carbonyl (C=O) groups is 3. The SMILES string of the molecule is CNC(=O)/C(C#N)=C1\S[C@H](CC(=O)[O-])C(=O)N1c1ccccc1. The van der Waals surface area contributed by atoms with Crippen molar-refractivity contribution in [3.8, 4) is 6.07 Å². The van der Waals surface area contributed by atoms with Crippen LogP contribution in [0.4, 0.5) is 5.69 Å². The van der Waals surface area contributed by atoms with Crippen LogP contribution >= 0.6 is 11.8 Å². The summed E-state index contributed by atoms with van der Waals surface area (Å²) in [7, 11) is 1.37. The summed E-state index contributed by atoms with van der Waals surface area (Å²) >= 11 is 0.878. The molecular weight excluding hydrogens is 318 g/mol. The minimum atomic E-state index is -1.37. The number of aliphatic carboxylic acids is 1. The van der Waals surface area contributed by atoms with Crippen LogP contribution in [0.15, 0.2) is 40.9 Å². The van der Waals surface area contributed by atoms with E-state index in [1.807, 2.05) is 0 Å². The van der Waals surface area contributed by atoms with Crippen molar-refractivity contribution in [2.45, 2.75) is 11.7 Å². The third-order valence-electron chi connectivity index (χ3n) is 3.10. The number of hydrogen-bond donors (Lipinski definition) is 1. The molecule has 1 aromatic carbocycles. The van der Waals surface area contributed by atoms with E-state index in [4.69, 9.17) is 0 Å². The standard InChI is InChI=1S/C15H13N3O4S/c1-17-13(21)10(8-16)15-18(9-5-3-2-4-6-9)14(22)11(23-15)7-12(19)20/h2-6,11H,7H2,1H3,(H,17,21)(H,19,20)/p-1/b15-10-/t11-/m1/s1. The fourth-order valence-electron chi connectivity index (χ4n) is 2.08. The number of carboxylic acids is 1. The molecule has 0 bridgehead atoms. The van der Waals surface area contributed by atoms with Gasteiger partial charge in [0.2, 0.25) is 5.91 Å². The summed E-state index contributed by atoms with van der Waals surface area (Å²) in [6, 6.07) is 10.2. The average Bonchev–Trinajstić information content (AvgIpc) is 2.84. The van der Waals surface area contributed by atoms with Crippen LogP contribution in [0, 0.1) is 11.3 Å². The van der Waals surface area contributed by atoms with Crippen LogP contribution < -0.4 is 15.3 Å². The largest absolute Gasteiger partial charge is 0.550 e. The molecule has 1 saturated heterocycles. The number of carbonyl (C=O) groups excluding carboxylic acids is 3. The number of benzene rings is 1. The molecule has 1 aromatic rings. The van der Waals surface area contributed by atoms with Gasteiger partial charge in [0.1, 0.15) is 16.7 Å². The first-order valence-electron chi connectivity index (χ1n) is 6.61. The highest BCUT2D eigenvalue weighted by Crippen LogP contribution is 2.41. The van der Waals surface area contributed by atoms with E-state index in [2.05, 4.69) is 5.32 Å². The Balaban J connectivity index is 2.55. The highest BCUT2D eigenvalue weighted by Gasteiger charge is 2.40.